The van der Waals surface area contributed by atoms with Crippen LogP contribution in [0.3, 0.4) is 0 Å². The number of thioether (sulfide) groups is 1. The van der Waals surface area contributed by atoms with E-state index in [0.29, 0.717) is 16.3 Å². The van der Waals surface area contributed by atoms with Crippen molar-refractivity contribution in [3.8, 4) is 0 Å². The van der Waals surface area contributed by atoms with Crippen LogP contribution in [0.4, 0.5) is 4.79 Å². The lowest BCUT2D eigenvalue weighted by molar-refractivity contribution is -0.135. The zero-order valence-corrected chi connectivity index (χ0v) is 13.0. The lowest BCUT2D eigenvalue weighted by Gasteiger charge is -1.91. The zero-order valence-electron chi connectivity index (χ0n) is 12.2. The van der Waals surface area contributed by atoms with E-state index in [0.717, 1.165) is 17.8 Å². The summed E-state index contributed by atoms with van der Waals surface area (Å²) in [6.45, 7) is 0. The Morgan fingerprint density at radius 3 is 2.96 bits per heavy atom. The highest BCUT2D eigenvalue weighted by molar-refractivity contribution is 8.18. The van der Waals surface area contributed by atoms with Gasteiger partial charge >= 0.3 is 12.0 Å². The first-order valence-corrected chi connectivity index (χ1v) is 7.39. The van der Waals surface area contributed by atoms with Crippen LogP contribution in [0.25, 0.3) is 0 Å². The Kier molecular flexibility index (Phi) is 4.29. The Hall–Kier alpha value is -3.14. The van der Waals surface area contributed by atoms with Gasteiger partial charge < -0.3 is 4.74 Å². The number of carbonyl (C=O) groups excluding carboxylic acids is 3. The first kappa shape index (κ1) is 15.7. The van der Waals surface area contributed by atoms with Crippen molar-refractivity contribution in [1.82, 2.24) is 5.32 Å². The molecule has 0 aliphatic carbocycles. The monoisotopic (exact) mass is 343 g/mol. The van der Waals surface area contributed by atoms with Crippen molar-refractivity contribution in [1.29, 1.82) is 0 Å². The van der Waals surface area contributed by atoms with E-state index in [-0.39, 0.29) is 10.1 Å². The third kappa shape index (κ3) is 3.27. The van der Waals surface area contributed by atoms with Gasteiger partial charge in [0.05, 0.1) is 23.6 Å². The fourth-order valence-electron chi connectivity index (χ4n) is 1.87. The summed E-state index contributed by atoms with van der Waals surface area (Å²) in [5.74, 6) is -1.09. The number of hydrogen-bond acceptors (Lipinski definition) is 7. The number of para-hydroxylation sites is 1. The van der Waals surface area contributed by atoms with E-state index in [4.69, 9.17) is 0 Å². The van der Waals surface area contributed by atoms with E-state index in [2.05, 4.69) is 30.2 Å². The molecule has 0 aromatic heterocycles. The molecule has 120 valence electrons. The summed E-state index contributed by atoms with van der Waals surface area (Å²) in [6, 6.07) is 4.54. The number of carbonyl (C=O) groups is 3. The maximum absolute atomic E-state index is 11.7. The number of urea groups is 1. The van der Waals surface area contributed by atoms with Crippen molar-refractivity contribution in [2.45, 2.75) is 0 Å². The summed E-state index contributed by atoms with van der Waals surface area (Å²) in [6.07, 6.45) is 2.47. The fourth-order valence-corrected chi connectivity index (χ4v) is 2.61. The van der Waals surface area contributed by atoms with E-state index in [9.17, 15) is 14.4 Å². The highest BCUT2D eigenvalue weighted by Gasteiger charge is 2.25. The second-order valence-corrected chi connectivity index (χ2v) is 5.49. The average molecular weight is 343 g/mol. The normalized spacial score (nSPS) is 19.4. The van der Waals surface area contributed by atoms with Crippen LogP contribution in [-0.2, 0) is 14.3 Å². The molecule has 0 spiro atoms. The standard InChI is InChI=1S/C14H9N5O4S/c1-23-10(20)5-9-12(21)18-14(24-9)19-15-6-7-3-2-4-8-11(7)17-13(22)16-8/h2-6H,1H3,(H,18,19,21)/b9-5+,15-6?. The molecule has 1 N–H and O–H groups in total. The first-order valence-electron chi connectivity index (χ1n) is 6.57. The number of benzene rings is 1. The Morgan fingerprint density at radius 2 is 2.17 bits per heavy atom. The Balaban J connectivity index is 1.79. The predicted octanol–water partition coefficient (Wildman–Crippen LogP) is -0.331. The summed E-state index contributed by atoms with van der Waals surface area (Å²) >= 11 is 0.963. The molecule has 0 saturated carbocycles. The van der Waals surface area contributed by atoms with Crippen molar-refractivity contribution in [3.63, 3.8) is 0 Å². The molecule has 3 amide bonds. The molecule has 1 saturated heterocycles. The fraction of sp³-hybridized carbons (Fsp3) is 0.0714. The summed E-state index contributed by atoms with van der Waals surface area (Å²) in [5, 5.41) is 11.3. The summed E-state index contributed by atoms with van der Waals surface area (Å²) in [7, 11) is 1.22. The maximum Gasteiger partial charge on any atom is 0.368 e. The largest absolute Gasteiger partial charge is 0.466 e. The van der Waals surface area contributed by atoms with E-state index < -0.39 is 17.9 Å². The molecule has 3 rings (SSSR count). The number of amidine groups is 1. The van der Waals surface area contributed by atoms with Gasteiger partial charge in [-0.15, -0.1) is 5.10 Å². The van der Waals surface area contributed by atoms with Crippen molar-refractivity contribution < 1.29 is 19.1 Å². The number of hydrogen-bond donors (Lipinski definition) is 1. The molecular formula is C14H9N5O4S. The molecular weight excluding hydrogens is 334 g/mol. The van der Waals surface area contributed by atoms with Crippen LogP contribution in [0.15, 0.2) is 49.4 Å². The number of nitrogens with zero attached hydrogens (tertiary/aromatic N) is 4. The number of rotatable bonds is 3. The van der Waals surface area contributed by atoms with Crippen molar-refractivity contribution in [2.24, 2.45) is 20.2 Å². The van der Waals surface area contributed by atoms with Crippen LogP contribution in [0.5, 0.6) is 0 Å². The van der Waals surface area contributed by atoms with Crippen molar-refractivity contribution >= 4 is 41.1 Å². The zero-order chi connectivity index (χ0) is 17.1. The second-order valence-electron chi connectivity index (χ2n) is 4.46. The summed E-state index contributed by atoms with van der Waals surface area (Å²) < 4.78 is 4.46. The van der Waals surface area contributed by atoms with E-state index in [1.165, 1.54) is 13.3 Å². The highest BCUT2D eigenvalue weighted by atomic mass is 32.2. The number of amides is 3. The molecule has 1 aromatic carbocycles. The molecule has 0 radical (unpaired) electrons. The molecule has 9 nitrogen and oxygen atoms in total. The lowest BCUT2D eigenvalue weighted by atomic mass is 10.2. The van der Waals surface area contributed by atoms with Crippen molar-refractivity contribution in [2.75, 3.05) is 7.11 Å². The minimum absolute atomic E-state index is 0.163. The van der Waals surface area contributed by atoms with Gasteiger partial charge in [-0.1, -0.05) is 12.1 Å². The van der Waals surface area contributed by atoms with Gasteiger partial charge in [0.25, 0.3) is 5.91 Å². The number of fused-ring (bicyclic) bond motifs is 1. The third-order valence-corrected chi connectivity index (χ3v) is 3.82. The smallest absolute Gasteiger partial charge is 0.368 e. The van der Waals surface area contributed by atoms with Gasteiger partial charge in [-0.2, -0.15) is 15.1 Å². The minimum Gasteiger partial charge on any atom is -0.466 e. The third-order valence-electron chi connectivity index (χ3n) is 2.92. The van der Waals surface area contributed by atoms with Crippen LogP contribution in [0.1, 0.15) is 5.56 Å². The van der Waals surface area contributed by atoms with Crippen molar-refractivity contribution in [3.05, 3.63) is 45.5 Å². The molecule has 0 atom stereocenters. The molecule has 1 aromatic rings. The molecule has 0 bridgehead atoms. The van der Waals surface area contributed by atoms with Gasteiger partial charge in [0.15, 0.2) is 5.17 Å². The van der Waals surface area contributed by atoms with E-state index >= 15 is 0 Å². The number of ether oxygens (including phenoxy) is 1. The van der Waals surface area contributed by atoms with Gasteiger partial charge in [0.2, 0.25) is 0 Å². The van der Waals surface area contributed by atoms with Gasteiger partial charge in [0, 0.05) is 11.6 Å². The molecule has 2 aliphatic heterocycles. The van der Waals surface area contributed by atoms with Gasteiger partial charge in [-0.3, -0.25) is 10.1 Å². The Bertz CT molecular complexity index is 964. The minimum atomic E-state index is -0.632. The molecule has 2 aliphatic rings. The molecule has 1 fully saturated rings. The number of nitrogens with one attached hydrogen (secondary N) is 1. The average Bonchev–Trinajstić information content (AvgIpc) is 3.10. The summed E-state index contributed by atoms with van der Waals surface area (Å²) in [5.41, 5.74) is 0.575. The lowest BCUT2D eigenvalue weighted by Crippen LogP contribution is -2.25. The Morgan fingerprint density at radius 1 is 1.33 bits per heavy atom. The second kappa shape index (κ2) is 6.54. The predicted molar refractivity (Wildman–Crippen MR) is 85.0 cm³/mol. The number of methoxy groups -OCH3 is 1. The van der Waals surface area contributed by atoms with E-state index in [1.807, 2.05) is 0 Å². The summed E-state index contributed by atoms with van der Waals surface area (Å²) in [4.78, 5) is 41.7. The highest BCUT2D eigenvalue weighted by Crippen LogP contribution is 2.23. The van der Waals surface area contributed by atoms with E-state index in [1.54, 1.807) is 18.2 Å². The van der Waals surface area contributed by atoms with Gasteiger partial charge in [-0.05, 0) is 17.8 Å². The first-order chi connectivity index (χ1) is 11.6. The Labute approximate surface area is 138 Å². The van der Waals surface area contributed by atoms with Gasteiger partial charge in [-0.25, -0.2) is 9.59 Å². The van der Waals surface area contributed by atoms with Crippen LogP contribution in [-0.4, -0.2) is 36.4 Å². The van der Waals surface area contributed by atoms with Gasteiger partial charge in [0.1, 0.15) is 5.36 Å². The van der Waals surface area contributed by atoms with Crippen LogP contribution < -0.4 is 16.0 Å². The molecule has 10 heteroatoms. The maximum atomic E-state index is 11.7. The molecule has 2 heterocycles. The van der Waals surface area contributed by atoms with Crippen LogP contribution in [0.2, 0.25) is 0 Å². The topological polar surface area (TPSA) is 122 Å². The SMILES string of the molecule is COC(=O)/C=C1/S/C(=N\N=Cc2cccc3c2=NC(=O)N=3)NC1=O. The number of esters is 1. The molecule has 0 unspecified atom stereocenters. The van der Waals surface area contributed by atoms with Crippen LogP contribution >= 0.6 is 11.8 Å². The van der Waals surface area contributed by atoms with Crippen LogP contribution in [0, 0.1) is 0 Å². The molecule has 24 heavy (non-hydrogen) atoms. The quantitative estimate of drug-likeness (QED) is 0.348.